The molecule has 0 bridgehead atoms. The molecule has 1 aliphatic heterocycles. The fourth-order valence-electron chi connectivity index (χ4n) is 3.19. The monoisotopic (exact) mass is 210 g/mol. The van der Waals surface area contributed by atoms with Gasteiger partial charge in [0.2, 0.25) is 0 Å². The third-order valence-corrected chi connectivity index (χ3v) is 4.59. The maximum Gasteiger partial charge on any atom is 0.0209 e. The zero-order valence-electron chi connectivity index (χ0n) is 10.5. The first-order chi connectivity index (χ1) is 7.16. The summed E-state index contributed by atoms with van der Waals surface area (Å²) in [5.41, 5.74) is 0. The highest BCUT2D eigenvalue weighted by molar-refractivity contribution is 4.86. The minimum absolute atomic E-state index is 0.748. The summed E-state index contributed by atoms with van der Waals surface area (Å²) in [5.74, 6) is 1.90. The first-order valence-corrected chi connectivity index (χ1v) is 6.60. The normalized spacial score (nSPS) is 42.6. The van der Waals surface area contributed by atoms with Crippen molar-refractivity contribution in [2.75, 3.05) is 20.1 Å². The second kappa shape index (κ2) is 4.84. The molecule has 2 aliphatic rings. The Hall–Kier alpha value is -0.0800. The Morgan fingerprint density at radius 3 is 2.60 bits per heavy atom. The van der Waals surface area contributed by atoms with Gasteiger partial charge < -0.3 is 10.2 Å². The molecule has 0 radical (unpaired) electrons. The third-order valence-electron chi connectivity index (χ3n) is 4.59. The van der Waals surface area contributed by atoms with E-state index in [-0.39, 0.29) is 0 Å². The predicted octanol–water partition coefficient (Wildman–Crippen LogP) is 2.10. The van der Waals surface area contributed by atoms with Crippen LogP contribution in [-0.4, -0.2) is 37.1 Å². The maximum absolute atomic E-state index is 3.77. The Balaban J connectivity index is 1.70. The molecule has 2 fully saturated rings. The van der Waals surface area contributed by atoms with Crippen LogP contribution in [0.15, 0.2) is 0 Å². The van der Waals surface area contributed by atoms with Crippen LogP contribution in [0.4, 0.5) is 0 Å². The summed E-state index contributed by atoms with van der Waals surface area (Å²) < 4.78 is 0. The van der Waals surface area contributed by atoms with Gasteiger partial charge >= 0.3 is 0 Å². The van der Waals surface area contributed by atoms with Gasteiger partial charge in [-0.15, -0.1) is 0 Å². The van der Waals surface area contributed by atoms with E-state index in [1.54, 1.807) is 0 Å². The molecule has 1 heterocycles. The van der Waals surface area contributed by atoms with Gasteiger partial charge in [-0.25, -0.2) is 0 Å². The fraction of sp³-hybridized carbons (Fsp3) is 1.00. The second-order valence-electron chi connectivity index (χ2n) is 5.80. The van der Waals surface area contributed by atoms with Gasteiger partial charge in [-0.3, -0.25) is 0 Å². The van der Waals surface area contributed by atoms with Gasteiger partial charge in [0.25, 0.3) is 0 Å². The Labute approximate surface area is 94.4 Å². The fourth-order valence-corrected chi connectivity index (χ4v) is 3.19. The molecule has 1 saturated heterocycles. The zero-order valence-corrected chi connectivity index (χ0v) is 10.5. The molecule has 2 heteroatoms. The smallest absolute Gasteiger partial charge is 0.0209 e. The van der Waals surface area contributed by atoms with Crippen molar-refractivity contribution in [2.45, 2.75) is 51.6 Å². The van der Waals surface area contributed by atoms with E-state index in [1.165, 1.54) is 38.8 Å². The average Bonchev–Trinajstić information content (AvgIpc) is 2.72. The average molecular weight is 210 g/mol. The number of likely N-dealkylation sites (N-methyl/N-ethyl adjacent to an activating group) is 1. The highest BCUT2D eigenvalue weighted by atomic mass is 15.2. The topological polar surface area (TPSA) is 15.3 Å². The summed E-state index contributed by atoms with van der Waals surface area (Å²) in [6, 6.07) is 1.52. The largest absolute Gasteiger partial charge is 0.312 e. The highest BCUT2D eigenvalue weighted by Gasteiger charge is 2.28. The molecule has 1 aliphatic carbocycles. The summed E-state index contributed by atoms with van der Waals surface area (Å²) in [6.07, 6.45) is 5.69. The van der Waals surface area contributed by atoms with Crippen molar-refractivity contribution in [1.82, 2.24) is 10.2 Å². The molecule has 15 heavy (non-hydrogen) atoms. The van der Waals surface area contributed by atoms with Crippen LogP contribution in [0.25, 0.3) is 0 Å². The standard InChI is InChI=1S/C13H26N2/c1-10-5-4-6-12(10)8-14-13-7-11(2)15(3)9-13/h10-14H,4-9H2,1-3H3. The highest BCUT2D eigenvalue weighted by Crippen LogP contribution is 2.30. The van der Waals surface area contributed by atoms with Crippen molar-refractivity contribution in [3.05, 3.63) is 0 Å². The zero-order chi connectivity index (χ0) is 10.8. The summed E-state index contributed by atoms with van der Waals surface area (Å²) >= 11 is 0. The number of hydrogen-bond acceptors (Lipinski definition) is 2. The Morgan fingerprint density at radius 2 is 2.07 bits per heavy atom. The molecule has 88 valence electrons. The molecular formula is C13H26N2. The lowest BCUT2D eigenvalue weighted by atomic mass is 9.98. The van der Waals surface area contributed by atoms with Crippen LogP contribution in [0, 0.1) is 11.8 Å². The van der Waals surface area contributed by atoms with Crippen LogP contribution >= 0.6 is 0 Å². The summed E-state index contributed by atoms with van der Waals surface area (Å²) in [5, 5.41) is 3.77. The van der Waals surface area contributed by atoms with Gasteiger partial charge in [0.05, 0.1) is 0 Å². The second-order valence-corrected chi connectivity index (χ2v) is 5.80. The van der Waals surface area contributed by atoms with Crippen LogP contribution in [0.1, 0.15) is 39.5 Å². The van der Waals surface area contributed by atoms with Crippen molar-refractivity contribution >= 4 is 0 Å². The van der Waals surface area contributed by atoms with Crippen molar-refractivity contribution in [3.8, 4) is 0 Å². The number of rotatable bonds is 3. The van der Waals surface area contributed by atoms with Gasteiger partial charge in [-0.1, -0.05) is 19.8 Å². The Bertz CT molecular complexity index is 195. The third kappa shape index (κ3) is 2.73. The van der Waals surface area contributed by atoms with Crippen molar-refractivity contribution in [2.24, 2.45) is 11.8 Å². The lowest BCUT2D eigenvalue weighted by Gasteiger charge is -2.19. The first kappa shape index (κ1) is 11.4. The van der Waals surface area contributed by atoms with Gasteiger partial charge in [-0.2, -0.15) is 0 Å². The van der Waals surface area contributed by atoms with E-state index in [4.69, 9.17) is 0 Å². The van der Waals surface area contributed by atoms with Gasteiger partial charge in [0.1, 0.15) is 0 Å². The molecule has 1 saturated carbocycles. The maximum atomic E-state index is 3.77. The molecule has 2 rings (SSSR count). The summed E-state index contributed by atoms with van der Waals surface area (Å²) in [6.45, 7) is 7.25. The lowest BCUT2D eigenvalue weighted by Crippen LogP contribution is -2.35. The number of hydrogen-bond donors (Lipinski definition) is 1. The van der Waals surface area contributed by atoms with Gasteiger partial charge in [-0.05, 0) is 45.2 Å². The lowest BCUT2D eigenvalue weighted by molar-refractivity contribution is 0.322. The van der Waals surface area contributed by atoms with E-state index in [9.17, 15) is 0 Å². The number of likely N-dealkylation sites (tertiary alicyclic amines) is 1. The van der Waals surface area contributed by atoms with Gasteiger partial charge in [0, 0.05) is 18.6 Å². The summed E-state index contributed by atoms with van der Waals surface area (Å²) in [7, 11) is 2.24. The predicted molar refractivity (Wildman–Crippen MR) is 65.0 cm³/mol. The van der Waals surface area contributed by atoms with E-state index in [2.05, 4.69) is 31.1 Å². The molecule has 0 amide bonds. The Morgan fingerprint density at radius 1 is 1.27 bits per heavy atom. The molecule has 1 N–H and O–H groups in total. The van der Waals surface area contributed by atoms with Crippen molar-refractivity contribution in [3.63, 3.8) is 0 Å². The first-order valence-electron chi connectivity index (χ1n) is 6.60. The molecule has 0 aromatic heterocycles. The molecule has 4 unspecified atom stereocenters. The molecular weight excluding hydrogens is 184 g/mol. The van der Waals surface area contributed by atoms with E-state index in [0.717, 1.165) is 23.9 Å². The molecule has 0 spiro atoms. The molecule has 0 aromatic carbocycles. The van der Waals surface area contributed by atoms with E-state index in [0.29, 0.717) is 0 Å². The molecule has 0 aromatic rings. The van der Waals surface area contributed by atoms with Crippen LogP contribution < -0.4 is 5.32 Å². The van der Waals surface area contributed by atoms with Crippen molar-refractivity contribution < 1.29 is 0 Å². The van der Waals surface area contributed by atoms with Crippen LogP contribution in [0.2, 0.25) is 0 Å². The molecule has 4 atom stereocenters. The SMILES string of the molecule is CC1CCCC1CNC1CC(C)N(C)C1. The summed E-state index contributed by atoms with van der Waals surface area (Å²) in [4.78, 5) is 2.47. The van der Waals surface area contributed by atoms with Gasteiger partial charge in [0.15, 0.2) is 0 Å². The van der Waals surface area contributed by atoms with E-state index >= 15 is 0 Å². The van der Waals surface area contributed by atoms with E-state index in [1.807, 2.05) is 0 Å². The van der Waals surface area contributed by atoms with E-state index < -0.39 is 0 Å². The number of nitrogens with zero attached hydrogens (tertiary/aromatic N) is 1. The number of nitrogens with one attached hydrogen (secondary N) is 1. The minimum atomic E-state index is 0.748. The minimum Gasteiger partial charge on any atom is -0.312 e. The molecule has 2 nitrogen and oxygen atoms in total. The van der Waals surface area contributed by atoms with Crippen LogP contribution in [0.5, 0.6) is 0 Å². The van der Waals surface area contributed by atoms with Crippen LogP contribution in [0.3, 0.4) is 0 Å². The Kier molecular flexibility index (Phi) is 3.68. The quantitative estimate of drug-likeness (QED) is 0.767. The van der Waals surface area contributed by atoms with Crippen molar-refractivity contribution in [1.29, 1.82) is 0 Å². The van der Waals surface area contributed by atoms with Crippen LogP contribution in [-0.2, 0) is 0 Å².